The number of phenolic OH excluding ortho intramolecular Hbond substituents is 1. The highest BCUT2D eigenvalue weighted by Crippen LogP contribution is 2.44. The van der Waals surface area contributed by atoms with E-state index >= 15 is 0 Å². The lowest BCUT2D eigenvalue weighted by atomic mass is 9.96. The monoisotopic (exact) mass is 495 g/mol. The van der Waals surface area contributed by atoms with Gasteiger partial charge in [-0.15, -0.1) is 0 Å². The number of fused-ring (bicyclic) bond motifs is 3. The van der Waals surface area contributed by atoms with E-state index in [0.29, 0.717) is 33.3 Å². The number of carbonyl (C=O) groups is 1. The molecule has 5 nitrogen and oxygen atoms in total. The summed E-state index contributed by atoms with van der Waals surface area (Å²) in [4.78, 5) is 12.1. The van der Waals surface area contributed by atoms with E-state index in [0.717, 1.165) is 0 Å². The van der Waals surface area contributed by atoms with Gasteiger partial charge in [0.25, 0.3) is 10.0 Å². The second-order valence-corrected chi connectivity index (χ2v) is 10.1. The van der Waals surface area contributed by atoms with E-state index in [9.17, 15) is 18.3 Å². The average Bonchev–Trinajstić information content (AvgIpc) is 3.15. The van der Waals surface area contributed by atoms with Gasteiger partial charge in [-0.2, -0.15) is 0 Å². The number of nitrogens with zero attached hydrogens (tertiary/aromatic N) is 1. The highest BCUT2D eigenvalue weighted by Gasteiger charge is 2.27. The Morgan fingerprint density at radius 3 is 2.21 bits per heavy atom. The Morgan fingerprint density at radius 2 is 1.52 bits per heavy atom. The molecule has 0 radical (unpaired) electrons. The Balaban J connectivity index is 1.98. The van der Waals surface area contributed by atoms with Gasteiger partial charge < -0.3 is 5.11 Å². The van der Waals surface area contributed by atoms with Crippen LogP contribution in [0.1, 0.15) is 10.4 Å². The number of phenols is 1. The Hall–Kier alpha value is -3.32. The molecule has 0 amide bonds. The lowest BCUT2D eigenvalue weighted by molar-refractivity contribution is 0.112. The summed E-state index contributed by atoms with van der Waals surface area (Å²) in [7, 11) is -4.04. The van der Waals surface area contributed by atoms with E-state index < -0.39 is 10.0 Å². The van der Waals surface area contributed by atoms with Crippen LogP contribution in [-0.4, -0.2) is 23.8 Å². The predicted molar refractivity (Wildman–Crippen MR) is 131 cm³/mol. The Bertz CT molecular complexity index is 1680. The van der Waals surface area contributed by atoms with Crippen LogP contribution < -0.4 is 0 Å². The number of benzene rings is 4. The second-order valence-electron chi connectivity index (χ2n) is 7.42. The number of hydrogen-bond acceptors (Lipinski definition) is 4. The second kappa shape index (κ2) is 7.92. The largest absolute Gasteiger partial charge is 0.506 e. The van der Waals surface area contributed by atoms with Crippen molar-refractivity contribution in [2.75, 3.05) is 0 Å². The first-order valence-electron chi connectivity index (χ1n) is 9.85. The molecule has 1 aromatic heterocycles. The van der Waals surface area contributed by atoms with Crippen LogP contribution in [0.4, 0.5) is 0 Å². The summed E-state index contributed by atoms with van der Waals surface area (Å²) in [5.41, 5.74) is 1.34. The first kappa shape index (κ1) is 21.5. The van der Waals surface area contributed by atoms with Crippen molar-refractivity contribution < 1.29 is 18.3 Å². The van der Waals surface area contributed by atoms with Crippen molar-refractivity contribution in [2.45, 2.75) is 4.90 Å². The van der Waals surface area contributed by atoms with Gasteiger partial charge in [-0.25, -0.2) is 12.4 Å². The lowest BCUT2D eigenvalue weighted by Crippen LogP contribution is -2.12. The van der Waals surface area contributed by atoms with Crippen LogP contribution in [0.3, 0.4) is 0 Å². The third-order valence-corrected chi connectivity index (χ3v) is 7.84. The highest BCUT2D eigenvalue weighted by molar-refractivity contribution is 7.90. The summed E-state index contributed by atoms with van der Waals surface area (Å²) in [5.74, 6) is -0.318. The topological polar surface area (TPSA) is 76.4 Å². The van der Waals surface area contributed by atoms with Crippen LogP contribution in [0.15, 0.2) is 83.8 Å². The maximum atomic E-state index is 13.7. The molecular weight excluding hydrogens is 481 g/mol. The number of rotatable bonds is 4. The van der Waals surface area contributed by atoms with Gasteiger partial charge in [0.05, 0.1) is 26.9 Å². The summed E-state index contributed by atoms with van der Waals surface area (Å²) in [6, 6.07) is 21.2. The minimum absolute atomic E-state index is 0.00624. The smallest absolute Gasteiger partial charge is 0.268 e. The van der Waals surface area contributed by atoms with Crippen molar-refractivity contribution in [3.8, 4) is 16.9 Å². The van der Waals surface area contributed by atoms with Crippen LogP contribution in [0, 0.1) is 0 Å². The quantitative estimate of drug-likeness (QED) is 0.287. The van der Waals surface area contributed by atoms with Crippen LogP contribution in [0.2, 0.25) is 10.0 Å². The molecular formula is C25H15Cl2NO4S. The van der Waals surface area contributed by atoms with Gasteiger partial charge in [0, 0.05) is 21.0 Å². The molecule has 33 heavy (non-hydrogen) atoms. The van der Waals surface area contributed by atoms with Crippen molar-refractivity contribution in [3.63, 3.8) is 0 Å². The molecule has 0 aliphatic rings. The lowest BCUT2D eigenvalue weighted by Gasteiger charge is -2.13. The average molecular weight is 496 g/mol. The molecule has 164 valence electrons. The maximum absolute atomic E-state index is 13.7. The summed E-state index contributed by atoms with van der Waals surface area (Å²) in [5, 5.41) is 12.6. The zero-order chi connectivity index (χ0) is 23.3. The van der Waals surface area contributed by atoms with Gasteiger partial charge in [-0.05, 0) is 42.0 Å². The third kappa shape index (κ3) is 3.30. The zero-order valence-corrected chi connectivity index (χ0v) is 19.2. The number of hydrogen-bond donors (Lipinski definition) is 1. The number of aromatic hydroxyl groups is 1. The first-order chi connectivity index (χ1) is 15.8. The van der Waals surface area contributed by atoms with Crippen molar-refractivity contribution in [3.05, 3.63) is 94.5 Å². The van der Waals surface area contributed by atoms with E-state index in [2.05, 4.69) is 0 Å². The van der Waals surface area contributed by atoms with Crippen molar-refractivity contribution >= 4 is 61.3 Å². The molecule has 1 N–H and O–H groups in total. The number of aromatic nitrogens is 1. The van der Waals surface area contributed by atoms with Gasteiger partial charge >= 0.3 is 0 Å². The number of para-hydroxylation sites is 1. The molecule has 5 aromatic rings. The minimum atomic E-state index is -4.04. The maximum Gasteiger partial charge on any atom is 0.268 e. The predicted octanol–water partition coefficient (Wildman–Crippen LogP) is 6.52. The minimum Gasteiger partial charge on any atom is -0.506 e. The van der Waals surface area contributed by atoms with Crippen LogP contribution in [-0.2, 0) is 10.0 Å². The van der Waals surface area contributed by atoms with Crippen LogP contribution in [0.5, 0.6) is 5.75 Å². The fourth-order valence-electron chi connectivity index (χ4n) is 4.09. The summed E-state index contributed by atoms with van der Waals surface area (Å²) in [6.45, 7) is 0. The molecule has 0 spiro atoms. The Labute approximate surface area is 199 Å². The van der Waals surface area contributed by atoms with E-state index in [1.807, 2.05) is 0 Å². The van der Waals surface area contributed by atoms with Crippen molar-refractivity contribution in [2.24, 2.45) is 0 Å². The normalized spacial score (nSPS) is 11.8. The van der Waals surface area contributed by atoms with Crippen LogP contribution >= 0.6 is 23.2 Å². The highest BCUT2D eigenvalue weighted by atomic mass is 35.5. The van der Waals surface area contributed by atoms with E-state index in [1.165, 1.54) is 22.2 Å². The molecule has 0 unspecified atom stereocenters. The molecule has 0 aliphatic carbocycles. The fourth-order valence-corrected chi connectivity index (χ4v) is 6.14. The van der Waals surface area contributed by atoms with Gasteiger partial charge in [-0.1, -0.05) is 65.7 Å². The molecule has 0 aliphatic heterocycles. The van der Waals surface area contributed by atoms with Crippen molar-refractivity contribution in [1.29, 1.82) is 0 Å². The number of aldehydes is 1. The third-order valence-electron chi connectivity index (χ3n) is 5.55. The summed E-state index contributed by atoms with van der Waals surface area (Å²) in [6.07, 6.45) is 0.535. The number of carbonyl (C=O) groups excluding carboxylic acids is 1. The van der Waals surface area contributed by atoms with Gasteiger partial charge in [0.1, 0.15) is 5.75 Å². The number of halogens is 2. The molecule has 0 saturated heterocycles. The molecule has 4 aromatic carbocycles. The van der Waals surface area contributed by atoms with Crippen molar-refractivity contribution in [1.82, 2.24) is 3.97 Å². The first-order valence-corrected chi connectivity index (χ1v) is 12.0. The van der Waals surface area contributed by atoms with Gasteiger partial charge in [-0.3, -0.25) is 4.79 Å². The molecule has 5 rings (SSSR count). The Morgan fingerprint density at radius 1 is 0.818 bits per heavy atom. The fraction of sp³-hybridized carbons (Fsp3) is 0. The van der Waals surface area contributed by atoms with Gasteiger partial charge in [0.2, 0.25) is 0 Å². The zero-order valence-electron chi connectivity index (χ0n) is 16.9. The molecule has 1 heterocycles. The van der Waals surface area contributed by atoms with Crippen LogP contribution in [0.25, 0.3) is 32.9 Å². The standard InChI is InChI=1S/C25H15Cl2NO4S/c26-15-10-11-17(21(27)12-15)19-13-23-24(25(30)20(19)14-29)18-8-4-5-9-22(18)28(23)33(31,32)16-6-2-1-3-7-16/h1-14,30H. The summed E-state index contributed by atoms with van der Waals surface area (Å²) < 4.78 is 28.6. The Kier molecular flexibility index (Phi) is 5.16. The van der Waals surface area contributed by atoms with E-state index in [1.54, 1.807) is 60.7 Å². The molecule has 0 fully saturated rings. The van der Waals surface area contributed by atoms with Gasteiger partial charge in [0.15, 0.2) is 6.29 Å². The molecule has 8 heteroatoms. The van der Waals surface area contributed by atoms with E-state index in [-0.39, 0.29) is 32.1 Å². The molecule has 0 saturated carbocycles. The van der Waals surface area contributed by atoms with E-state index in [4.69, 9.17) is 23.2 Å². The summed E-state index contributed by atoms with van der Waals surface area (Å²) >= 11 is 12.4. The SMILES string of the molecule is O=Cc1c(-c2ccc(Cl)cc2Cl)cc2c(c1O)c1ccccc1n2S(=O)(=O)c1ccccc1. The molecule has 0 atom stereocenters. The molecule has 0 bridgehead atoms.